The van der Waals surface area contributed by atoms with E-state index in [1.807, 2.05) is 11.0 Å². The molecule has 2 amide bonds. The number of hydrogen-bond acceptors (Lipinski definition) is 6. The van der Waals surface area contributed by atoms with Gasteiger partial charge in [-0.25, -0.2) is 4.90 Å². The van der Waals surface area contributed by atoms with Gasteiger partial charge in [0.25, 0.3) is 5.69 Å². The average molecular weight is 419 g/mol. The van der Waals surface area contributed by atoms with E-state index in [1.54, 1.807) is 31.2 Å². The van der Waals surface area contributed by atoms with Gasteiger partial charge in [0.05, 0.1) is 28.5 Å². The van der Waals surface area contributed by atoms with Gasteiger partial charge in [-0.15, -0.1) is 0 Å². The lowest BCUT2D eigenvalue weighted by molar-refractivity contribution is -0.384. The van der Waals surface area contributed by atoms with Crippen LogP contribution in [0.1, 0.15) is 28.8 Å². The minimum Gasteiger partial charge on any atom is -0.292 e. The molecule has 2 aromatic rings. The first-order valence-electron chi connectivity index (χ1n) is 10.4. The number of rotatable bonds is 4. The summed E-state index contributed by atoms with van der Waals surface area (Å²) in [5.41, 5.74) is 1.16. The second-order valence-corrected chi connectivity index (χ2v) is 8.41. The largest absolute Gasteiger partial charge is 0.292 e. The fourth-order valence-corrected chi connectivity index (χ4v) is 5.48. The highest BCUT2D eigenvalue weighted by molar-refractivity contribution is 6.25. The SMILES string of the molecule is Cc1ccc([N+](=O)[O-])cc1N1C(=O)[C@@H]2[C@H](C1=O)[C@@H](C(=O)c1ccccc1)N1CCC[C@@H]21. The summed E-state index contributed by atoms with van der Waals surface area (Å²) in [6.45, 7) is 2.39. The molecular weight excluding hydrogens is 398 g/mol. The molecule has 3 fully saturated rings. The lowest BCUT2D eigenvalue weighted by atomic mass is 9.85. The molecular formula is C23H21N3O5. The predicted octanol–water partition coefficient (Wildman–Crippen LogP) is 2.74. The second-order valence-electron chi connectivity index (χ2n) is 8.41. The third kappa shape index (κ3) is 2.82. The number of carbonyl (C=O) groups excluding carboxylic acids is 3. The second kappa shape index (κ2) is 7.09. The number of benzene rings is 2. The number of ketones is 1. The molecule has 0 saturated carbocycles. The molecule has 3 saturated heterocycles. The highest BCUT2D eigenvalue weighted by Gasteiger charge is 2.64. The molecule has 158 valence electrons. The van der Waals surface area contributed by atoms with Crippen molar-refractivity contribution in [3.63, 3.8) is 0 Å². The number of imide groups is 1. The fraction of sp³-hybridized carbons (Fsp3) is 0.348. The summed E-state index contributed by atoms with van der Waals surface area (Å²) in [6, 6.07) is 12.1. The van der Waals surface area contributed by atoms with Crippen molar-refractivity contribution in [2.45, 2.75) is 31.8 Å². The van der Waals surface area contributed by atoms with E-state index in [1.165, 1.54) is 18.2 Å². The molecule has 0 radical (unpaired) electrons. The standard InChI is InChI=1S/C23H21N3O5/c1-13-9-10-15(26(30)31)12-17(13)25-22(28)18-16-8-5-11-24(16)20(19(18)23(25)29)21(27)14-6-3-2-4-7-14/h2-4,6-7,9-10,12,16,18-20H,5,8,11H2,1H3/t16-,18-,19-,20-/m0/s1. The van der Waals surface area contributed by atoms with E-state index in [-0.39, 0.29) is 29.1 Å². The summed E-state index contributed by atoms with van der Waals surface area (Å²) in [5.74, 6) is -2.34. The zero-order valence-electron chi connectivity index (χ0n) is 16.9. The van der Waals surface area contributed by atoms with Crippen LogP contribution in [0.25, 0.3) is 0 Å². The number of hydrogen-bond donors (Lipinski definition) is 0. The van der Waals surface area contributed by atoms with Crippen molar-refractivity contribution in [3.8, 4) is 0 Å². The number of Topliss-reactive ketones (excluding diaryl/α,β-unsaturated/α-hetero) is 1. The molecule has 0 bridgehead atoms. The van der Waals surface area contributed by atoms with Crippen LogP contribution in [0.5, 0.6) is 0 Å². The molecule has 8 nitrogen and oxygen atoms in total. The summed E-state index contributed by atoms with van der Waals surface area (Å²) in [5, 5.41) is 11.3. The quantitative estimate of drug-likeness (QED) is 0.327. The van der Waals surface area contributed by atoms with Crippen molar-refractivity contribution in [1.29, 1.82) is 0 Å². The van der Waals surface area contributed by atoms with Crippen molar-refractivity contribution >= 4 is 29.0 Å². The van der Waals surface area contributed by atoms with Gasteiger partial charge in [0, 0.05) is 23.7 Å². The number of nitrogens with zero attached hydrogens (tertiary/aromatic N) is 3. The molecule has 8 heteroatoms. The van der Waals surface area contributed by atoms with Gasteiger partial charge in [0.2, 0.25) is 11.8 Å². The zero-order chi connectivity index (χ0) is 21.9. The van der Waals surface area contributed by atoms with Crippen LogP contribution in [0.3, 0.4) is 0 Å². The molecule has 31 heavy (non-hydrogen) atoms. The van der Waals surface area contributed by atoms with E-state index in [2.05, 4.69) is 0 Å². The van der Waals surface area contributed by atoms with Gasteiger partial charge in [-0.05, 0) is 31.9 Å². The lowest BCUT2D eigenvalue weighted by Gasteiger charge is -2.28. The minimum absolute atomic E-state index is 0.154. The first kappa shape index (κ1) is 19.6. The molecule has 3 aliphatic rings. The molecule has 0 N–H and O–H groups in total. The van der Waals surface area contributed by atoms with Crippen LogP contribution in [0.4, 0.5) is 11.4 Å². The van der Waals surface area contributed by atoms with Gasteiger partial charge in [0.15, 0.2) is 5.78 Å². The number of nitro groups is 1. The van der Waals surface area contributed by atoms with E-state index in [4.69, 9.17) is 0 Å². The molecule has 3 heterocycles. The van der Waals surface area contributed by atoms with Gasteiger partial charge in [-0.1, -0.05) is 36.4 Å². The first-order valence-corrected chi connectivity index (χ1v) is 10.4. The van der Waals surface area contributed by atoms with E-state index < -0.39 is 28.7 Å². The Labute approximate surface area is 178 Å². The van der Waals surface area contributed by atoms with Crippen molar-refractivity contribution in [1.82, 2.24) is 4.90 Å². The predicted molar refractivity (Wildman–Crippen MR) is 112 cm³/mol. The van der Waals surface area contributed by atoms with Crippen LogP contribution < -0.4 is 4.90 Å². The van der Waals surface area contributed by atoms with Crippen molar-refractivity contribution in [2.75, 3.05) is 11.4 Å². The molecule has 3 aliphatic heterocycles. The maximum Gasteiger partial charge on any atom is 0.271 e. The Kier molecular flexibility index (Phi) is 4.48. The van der Waals surface area contributed by atoms with Crippen LogP contribution >= 0.6 is 0 Å². The summed E-state index contributed by atoms with van der Waals surface area (Å²) in [6.07, 6.45) is 1.62. The molecule has 5 rings (SSSR count). The van der Waals surface area contributed by atoms with Gasteiger partial charge < -0.3 is 0 Å². The Morgan fingerprint density at radius 2 is 1.77 bits per heavy atom. The fourth-order valence-electron chi connectivity index (χ4n) is 5.48. The summed E-state index contributed by atoms with van der Waals surface area (Å²) < 4.78 is 0. The summed E-state index contributed by atoms with van der Waals surface area (Å²) in [7, 11) is 0. The van der Waals surface area contributed by atoms with Gasteiger partial charge in [-0.3, -0.25) is 29.4 Å². The molecule has 0 unspecified atom stereocenters. The Balaban J connectivity index is 1.58. The Morgan fingerprint density at radius 3 is 2.48 bits per heavy atom. The van der Waals surface area contributed by atoms with Gasteiger partial charge in [0.1, 0.15) is 0 Å². The molecule has 0 spiro atoms. The molecule has 0 aromatic heterocycles. The summed E-state index contributed by atoms with van der Waals surface area (Å²) >= 11 is 0. The Morgan fingerprint density at radius 1 is 1.06 bits per heavy atom. The van der Waals surface area contributed by atoms with Gasteiger partial charge in [-0.2, -0.15) is 0 Å². The van der Waals surface area contributed by atoms with E-state index in [9.17, 15) is 24.5 Å². The normalized spacial score (nSPS) is 27.5. The maximum atomic E-state index is 13.6. The topological polar surface area (TPSA) is 101 Å². The van der Waals surface area contributed by atoms with Crippen LogP contribution in [0, 0.1) is 28.9 Å². The Bertz CT molecular complexity index is 1120. The van der Waals surface area contributed by atoms with Crippen LogP contribution in [0.15, 0.2) is 48.5 Å². The van der Waals surface area contributed by atoms with Crippen molar-refractivity contribution < 1.29 is 19.3 Å². The highest BCUT2D eigenvalue weighted by atomic mass is 16.6. The van der Waals surface area contributed by atoms with Crippen LogP contribution in [0.2, 0.25) is 0 Å². The van der Waals surface area contributed by atoms with E-state index >= 15 is 0 Å². The number of aryl methyl sites for hydroxylation is 1. The van der Waals surface area contributed by atoms with Gasteiger partial charge >= 0.3 is 0 Å². The minimum atomic E-state index is -0.774. The van der Waals surface area contributed by atoms with E-state index in [0.717, 1.165) is 17.7 Å². The third-order valence-corrected chi connectivity index (χ3v) is 6.82. The number of non-ortho nitro benzene ring substituents is 1. The monoisotopic (exact) mass is 419 g/mol. The van der Waals surface area contributed by atoms with E-state index in [0.29, 0.717) is 17.7 Å². The number of fused-ring (bicyclic) bond motifs is 3. The summed E-state index contributed by atoms with van der Waals surface area (Å²) in [4.78, 5) is 54.3. The highest BCUT2D eigenvalue weighted by Crippen LogP contribution is 2.49. The van der Waals surface area contributed by atoms with Crippen LogP contribution in [-0.4, -0.2) is 46.0 Å². The molecule has 2 aromatic carbocycles. The van der Waals surface area contributed by atoms with Crippen molar-refractivity contribution in [3.05, 3.63) is 69.8 Å². The smallest absolute Gasteiger partial charge is 0.271 e. The van der Waals surface area contributed by atoms with Crippen LogP contribution in [-0.2, 0) is 9.59 Å². The average Bonchev–Trinajstić information content (AvgIpc) is 3.41. The molecule has 4 atom stereocenters. The first-order chi connectivity index (χ1) is 14.9. The zero-order valence-corrected chi connectivity index (χ0v) is 16.9. The Hall–Kier alpha value is -3.39. The maximum absolute atomic E-state index is 13.6. The van der Waals surface area contributed by atoms with Crippen molar-refractivity contribution in [2.24, 2.45) is 11.8 Å². The molecule has 0 aliphatic carbocycles. The third-order valence-electron chi connectivity index (χ3n) is 6.82. The number of carbonyl (C=O) groups is 3. The number of nitro benzene ring substituents is 1. The lowest BCUT2D eigenvalue weighted by Crippen LogP contribution is -2.46. The number of amides is 2. The number of anilines is 1.